The summed E-state index contributed by atoms with van der Waals surface area (Å²) in [7, 11) is 0. The third-order valence-electron chi connectivity index (χ3n) is 5.77. The molecule has 1 atom stereocenters. The molecule has 1 N–H and O–H groups in total. The highest BCUT2D eigenvalue weighted by Crippen LogP contribution is 2.42. The number of aromatic nitrogens is 3. The van der Waals surface area contributed by atoms with Crippen LogP contribution in [0.2, 0.25) is 0 Å². The molecular formula is C22H29F3N4O4. The van der Waals surface area contributed by atoms with Crippen LogP contribution in [0.3, 0.4) is 0 Å². The van der Waals surface area contributed by atoms with E-state index in [1.165, 1.54) is 5.56 Å². The zero-order valence-electron chi connectivity index (χ0n) is 18.7. The number of hydrogen-bond donors (Lipinski definition) is 1. The van der Waals surface area contributed by atoms with Crippen LogP contribution in [0, 0.1) is 5.92 Å². The number of pyridine rings is 1. The van der Waals surface area contributed by atoms with Crippen LogP contribution in [0.1, 0.15) is 38.3 Å². The van der Waals surface area contributed by atoms with Crippen molar-refractivity contribution in [3.8, 4) is 5.88 Å². The molecule has 4 rings (SSSR count). The number of ether oxygens (including phenoxy) is 2. The van der Waals surface area contributed by atoms with Gasteiger partial charge in [-0.25, -0.2) is 9.78 Å². The van der Waals surface area contributed by atoms with E-state index < -0.39 is 12.1 Å². The lowest BCUT2D eigenvalue weighted by atomic mass is 9.79. The van der Waals surface area contributed by atoms with Crippen LogP contribution in [0.5, 0.6) is 5.88 Å². The highest BCUT2D eigenvalue weighted by Gasteiger charge is 2.52. The summed E-state index contributed by atoms with van der Waals surface area (Å²) in [5, 5.41) is 11.6. The topological polar surface area (TPSA) is 89.7 Å². The van der Waals surface area contributed by atoms with E-state index in [2.05, 4.69) is 35.0 Å². The van der Waals surface area contributed by atoms with E-state index in [1.807, 2.05) is 29.1 Å². The summed E-state index contributed by atoms with van der Waals surface area (Å²) < 4.78 is 45.7. The van der Waals surface area contributed by atoms with E-state index in [9.17, 15) is 13.2 Å². The molecule has 182 valence electrons. The Morgan fingerprint density at radius 3 is 2.67 bits per heavy atom. The Morgan fingerprint density at radius 1 is 1.36 bits per heavy atom. The number of alkyl halides is 3. The minimum absolute atomic E-state index is 0.0293. The van der Waals surface area contributed by atoms with Crippen LogP contribution in [-0.2, 0) is 16.1 Å². The van der Waals surface area contributed by atoms with Gasteiger partial charge < -0.3 is 14.6 Å². The van der Waals surface area contributed by atoms with Crippen LogP contribution in [0.25, 0.3) is 0 Å². The SMILES string of the molecule is CC(C)n1cc(CN2CC3(C2)OCCC3CCOc2ccccn2)cn1.O=C(O)C(F)(F)F. The fraction of sp³-hybridized carbons (Fsp3) is 0.591. The molecule has 11 heteroatoms. The lowest BCUT2D eigenvalue weighted by Crippen LogP contribution is -2.64. The van der Waals surface area contributed by atoms with E-state index in [-0.39, 0.29) is 5.60 Å². The first-order chi connectivity index (χ1) is 15.6. The Labute approximate surface area is 190 Å². The van der Waals surface area contributed by atoms with Gasteiger partial charge in [-0.1, -0.05) is 6.07 Å². The van der Waals surface area contributed by atoms with Gasteiger partial charge in [-0.2, -0.15) is 18.3 Å². The maximum atomic E-state index is 10.6. The molecule has 2 aromatic heterocycles. The number of halogens is 3. The summed E-state index contributed by atoms with van der Waals surface area (Å²) in [6, 6.07) is 6.17. The molecule has 1 unspecified atom stereocenters. The number of aliphatic carboxylic acids is 1. The number of likely N-dealkylation sites (tertiary alicyclic amines) is 1. The molecule has 4 heterocycles. The molecule has 0 aromatic carbocycles. The first-order valence-electron chi connectivity index (χ1n) is 10.8. The summed E-state index contributed by atoms with van der Waals surface area (Å²) >= 11 is 0. The van der Waals surface area contributed by atoms with Gasteiger partial charge in [0.15, 0.2) is 0 Å². The lowest BCUT2D eigenvalue weighted by molar-refractivity contribution is -0.192. The first kappa shape index (κ1) is 25.0. The van der Waals surface area contributed by atoms with Crippen molar-refractivity contribution in [2.75, 3.05) is 26.3 Å². The van der Waals surface area contributed by atoms with Gasteiger partial charge >= 0.3 is 12.1 Å². The van der Waals surface area contributed by atoms with Gasteiger partial charge in [0.05, 0.1) is 18.4 Å². The maximum absolute atomic E-state index is 10.6. The third kappa shape index (κ3) is 6.67. The number of rotatable bonds is 7. The van der Waals surface area contributed by atoms with E-state index in [0.717, 1.165) is 39.1 Å². The van der Waals surface area contributed by atoms with Crippen molar-refractivity contribution in [2.45, 2.75) is 51.1 Å². The van der Waals surface area contributed by atoms with E-state index in [0.29, 0.717) is 24.4 Å². The fourth-order valence-electron chi connectivity index (χ4n) is 4.10. The van der Waals surface area contributed by atoms with Crippen LogP contribution in [0.15, 0.2) is 36.8 Å². The zero-order valence-corrected chi connectivity index (χ0v) is 18.7. The summed E-state index contributed by atoms with van der Waals surface area (Å²) in [5.74, 6) is -1.48. The highest BCUT2D eigenvalue weighted by molar-refractivity contribution is 5.73. The second-order valence-corrected chi connectivity index (χ2v) is 8.57. The van der Waals surface area contributed by atoms with E-state index in [1.54, 1.807) is 6.20 Å². The normalized spacial score (nSPS) is 19.8. The summed E-state index contributed by atoms with van der Waals surface area (Å²) in [6.07, 6.45) is 2.98. The van der Waals surface area contributed by atoms with Crippen LogP contribution < -0.4 is 4.74 Å². The molecule has 0 bridgehead atoms. The maximum Gasteiger partial charge on any atom is 0.490 e. The molecule has 0 amide bonds. The van der Waals surface area contributed by atoms with Crippen LogP contribution in [0.4, 0.5) is 13.2 Å². The fourth-order valence-corrected chi connectivity index (χ4v) is 4.10. The van der Waals surface area contributed by atoms with Crippen molar-refractivity contribution in [1.29, 1.82) is 0 Å². The summed E-state index contributed by atoms with van der Waals surface area (Å²) in [5.41, 5.74) is 1.31. The minimum atomic E-state index is -5.08. The van der Waals surface area contributed by atoms with E-state index in [4.69, 9.17) is 19.4 Å². The van der Waals surface area contributed by atoms with Gasteiger partial charge in [-0.15, -0.1) is 0 Å². The van der Waals surface area contributed by atoms with Crippen molar-refractivity contribution in [1.82, 2.24) is 19.7 Å². The van der Waals surface area contributed by atoms with Gasteiger partial charge in [0, 0.05) is 56.3 Å². The average molecular weight is 470 g/mol. The van der Waals surface area contributed by atoms with Crippen LogP contribution >= 0.6 is 0 Å². The monoisotopic (exact) mass is 470 g/mol. The second-order valence-electron chi connectivity index (χ2n) is 8.57. The second kappa shape index (κ2) is 10.5. The number of carbonyl (C=O) groups is 1. The summed E-state index contributed by atoms with van der Waals surface area (Å²) in [4.78, 5) is 15.6. The molecule has 2 aliphatic rings. The van der Waals surface area contributed by atoms with Gasteiger partial charge in [0.2, 0.25) is 5.88 Å². The van der Waals surface area contributed by atoms with Crippen molar-refractivity contribution in [3.05, 3.63) is 42.4 Å². The Kier molecular flexibility index (Phi) is 7.96. The number of carboxylic acid groups (broad SMARTS) is 1. The number of nitrogens with zero attached hydrogens (tertiary/aromatic N) is 4. The Balaban J connectivity index is 0.000000383. The van der Waals surface area contributed by atoms with E-state index >= 15 is 0 Å². The third-order valence-corrected chi connectivity index (χ3v) is 5.77. The first-order valence-corrected chi connectivity index (χ1v) is 10.8. The minimum Gasteiger partial charge on any atom is -0.478 e. The lowest BCUT2D eigenvalue weighted by Gasteiger charge is -2.50. The average Bonchev–Trinajstić information content (AvgIpc) is 3.36. The van der Waals surface area contributed by atoms with Gasteiger partial charge in [0.1, 0.15) is 0 Å². The Hall–Kier alpha value is -2.66. The highest BCUT2D eigenvalue weighted by atomic mass is 19.4. The quantitative estimate of drug-likeness (QED) is 0.662. The van der Waals surface area contributed by atoms with Gasteiger partial charge in [-0.3, -0.25) is 9.58 Å². The van der Waals surface area contributed by atoms with Crippen molar-refractivity contribution >= 4 is 5.97 Å². The molecule has 0 aliphatic carbocycles. The Morgan fingerprint density at radius 2 is 2.09 bits per heavy atom. The largest absolute Gasteiger partial charge is 0.490 e. The van der Waals surface area contributed by atoms with Crippen molar-refractivity contribution in [3.63, 3.8) is 0 Å². The number of hydrogen-bond acceptors (Lipinski definition) is 6. The summed E-state index contributed by atoms with van der Waals surface area (Å²) in [6.45, 7) is 8.84. The number of carboxylic acids is 1. The standard InChI is InChI=1S/C20H28N4O2.C2HF3O2/c1-16(2)24-13-17(11-22-24)12-23-14-20(15-23)18(7-10-26-20)6-9-25-19-5-3-4-8-21-19;3-2(4,5)1(6)7/h3-5,8,11,13,16,18H,6-7,9-10,12,14-15H2,1-2H3;(H,6,7). The Bertz CT molecular complexity index is 899. The molecule has 0 saturated carbocycles. The molecule has 0 radical (unpaired) electrons. The van der Waals surface area contributed by atoms with Crippen LogP contribution in [-0.4, -0.2) is 68.8 Å². The molecule has 1 spiro atoms. The van der Waals surface area contributed by atoms with Gasteiger partial charge in [-0.05, 0) is 38.7 Å². The van der Waals surface area contributed by atoms with Crippen molar-refractivity contribution in [2.24, 2.45) is 5.92 Å². The molecule has 8 nitrogen and oxygen atoms in total. The molecular weight excluding hydrogens is 441 g/mol. The zero-order chi connectivity index (χ0) is 24.1. The molecule has 2 saturated heterocycles. The predicted molar refractivity (Wildman–Crippen MR) is 113 cm³/mol. The van der Waals surface area contributed by atoms with Gasteiger partial charge in [0.25, 0.3) is 0 Å². The molecule has 2 aromatic rings. The molecule has 2 aliphatic heterocycles. The smallest absolute Gasteiger partial charge is 0.478 e. The molecule has 33 heavy (non-hydrogen) atoms. The predicted octanol–water partition coefficient (Wildman–Crippen LogP) is 3.55. The molecule has 2 fully saturated rings. The van der Waals surface area contributed by atoms with Crippen molar-refractivity contribution < 1.29 is 32.5 Å².